The number of H-pyrrole nitrogens is 1. The molecule has 0 spiro atoms. The second kappa shape index (κ2) is 7.01. The van der Waals surface area contributed by atoms with Crippen molar-refractivity contribution in [1.29, 1.82) is 0 Å². The zero-order chi connectivity index (χ0) is 21.1. The number of halogens is 2. The predicted octanol–water partition coefficient (Wildman–Crippen LogP) is 6.36. The first-order chi connectivity index (χ1) is 15.0. The van der Waals surface area contributed by atoms with Crippen molar-refractivity contribution in [2.75, 3.05) is 5.32 Å². The summed E-state index contributed by atoms with van der Waals surface area (Å²) in [6.07, 6.45) is 8.07. The maximum atomic E-state index is 14.2. The van der Waals surface area contributed by atoms with Crippen LogP contribution in [0.3, 0.4) is 0 Å². The second-order valence-electron chi connectivity index (χ2n) is 9.20. The molecule has 4 nitrogen and oxygen atoms in total. The van der Waals surface area contributed by atoms with Crippen LogP contribution in [0.15, 0.2) is 36.5 Å². The van der Waals surface area contributed by atoms with Gasteiger partial charge in [-0.25, -0.2) is 18.7 Å². The number of nitrogens with zero attached hydrogens (tertiary/aromatic N) is 2. The van der Waals surface area contributed by atoms with Crippen molar-refractivity contribution >= 4 is 27.6 Å². The van der Waals surface area contributed by atoms with Crippen molar-refractivity contribution in [3.05, 3.63) is 53.7 Å². The van der Waals surface area contributed by atoms with Gasteiger partial charge in [-0.05, 0) is 61.8 Å². The minimum atomic E-state index is -0.616. The number of nitrogens with one attached hydrogen (secondary N) is 2. The molecule has 1 unspecified atom stereocenters. The highest BCUT2D eigenvalue weighted by atomic mass is 19.1. The highest BCUT2D eigenvalue weighted by Crippen LogP contribution is 2.43. The molecular formula is C25H24F2N4. The molecule has 0 amide bonds. The monoisotopic (exact) mass is 418 g/mol. The molecule has 2 heterocycles. The van der Waals surface area contributed by atoms with Gasteiger partial charge in [0.25, 0.3) is 0 Å². The van der Waals surface area contributed by atoms with E-state index in [4.69, 9.17) is 9.97 Å². The lowest BCUT2D eigenvalue weighted by molar-refractivity contribution is 0.157. The van der Waals surface area contributed by atoms with E-state index in [0.29, 0.717) is 28.7 Å². The minimum absolute atomic E-state index is 0.267. The van der Waals surface area contributed by atoms with Crippen LogP contribution in [0.5, 0.6) is 0 Å². The lowest BCUT2D eigenvalue weighted by Gasteiger charge is -2.43. The summed E-state index contributed by atoms with van der Waals surface area (Å²) in [5.74, 6) is 1.53. The average molecular weight is 418 g/mol. The third-order valence-corrected chi connectivity index (χ3v) is 7.17. The van der Waals surface area contributed by atoms with E-state index in [-0.39, 0.29) is 5.52 Å². The summed E-state index contributed by atoms with van der Waals surface area (Å²) in [5, 5.41) is 5.17. The summed E-state index contributed by atoms with van der Waals surface area (Å²) in [5.41, 5.74) is 2.81. The zero-order valence-corrected chi connectivity index (χ0v) is 17.4. The number of benzene rings is 2. The highest BCUT2D eigenvalue weighted by molar-refractivity contribution is 5.97. The first kappa shape index (κ1) is 18.7. The summed E-state index contributed by atoms with van der Waals surface area (Å²) in [4.78, 5) is 12.6. The van der Waals surface area contributed by atoms with Crippen LogP contribution in [-0.2, 0) is 0 Å². The van der Waals surface area contributed by atoms with E-state index in [1.54, 1.807) is 6.20 Å². The number of aryl methyl sites for hydroxylation is 1. The quantitative estimate of drug-likeness (QED) is 0.407. The molecule has 6 heteroatoms. The van der Waals surface area contributed by atoms with Gasteiger partial charge in [-0.3, -0.25) is 0 Å². The van der Waals surface area contributed by atoms with Crippen LogP contribution in [0.4, 0.5) is 14.6 Å². The van der Waals surface area contributed by atoms with Crippen LogP contribution in [0, 0.1) is 30.4 Å². The smallest absolute Gasteiger partial charge is 0.164 e. The van der Waals surface area contributed by atoms with E-state index in [1.165, 1.54) is 38.2 Å². The van der Waals surface area contributed by atoms with Gasteiger partial charge in [-0.1, -0.05) is 18.9 Å². The number of aromatic amines is 1. The molecule has 31 heavy (non-hydrogen) atoms. The standard InChI is InChI=1S/C25H24F2N4/c1-13-2-7-17-22(8-13)30-25(19-12-28-23-18(19)10-16(26)11-20(23)27)31-24(17)29-21-9-14-3-5-15(21)6-4-14/h2,7-8,10-12,14-15,21,28H,3-6,9H2,1H3,(H,29,30,31). The molecule has 3 aliphatic carbocycles. The van der Waals surface area contributed by atoms with Crippen LogP contribution >= 0.6 is 0 Å². The summed E-state index contributed by atoms with van der Waals surface area (Å²) in [7, 11) is 0. The maximum Gasteiger partial charge on any atom is 0.164 e. The predicted molar refractivity (Wildman–Crippen MR) is 119 cm³/mol. The van der Waals surface area contributed by atoms with Crippen LogP contribution < -0.4 is 5.32 Å². The van der Waals surface area contributed by atoms with Gasteiger partial charge in [0.2, 0.25) is 0 Å². The minimum Gasteiger partial charge on any atom is -0.366 e. The molecule has 1 atom stereocenters. The van der Waals surface area contributed by atoms with Crippen LogP contribution in [0.1, 0.15) is 37.7 Å². The molecule has 2 N–H and O–H groups in total. The first-order valence-corrected chi connectivity index (χ1v) is 11.1. The molecule has 2 aromatic carbocycles. The molecule has 2 aromatic heterocycles. The molecule has 158 valence electrons. The van der Waals surface area contributed by atoms with E-state index in [1.807, 2.05) is 13.0 Å². The Bertz CT molecular complexity index is 1300. The van der Waals surface area contributed by atoms with Gasteiger partial charge < -0.3 is 10.3 Å². The normalized spacial score (nSPS) is 23.0. The summed E-state index contributed by atoms with van der Waals surface area (Å²) in [6, 6.07) is 8.80. The largest absolute Gasteiger partial charge is 0.366 e. The van der Waals surface area contributed by atoms with Gasteiger partial charge in [0.15, 0.2) is 5.82 Å². The Hall–Kier alpha value is -3.02. The fourth-order valence-corrected chi connectivity index (χ4v) is 5.54. The Morgan fingerprint density at radius 2 is 1.84 bits per heavy atom. The van der Waals surface area contributed by atoms with Crippen molar-refractivity contribution in [1.82, 2.24) is 15.0 Å². The third kappa shape index (κ3) is 3.16. The first-order valence-electron chi connectivity index (χ1n) is 11.1. The molecule has 0 saturated heterocycles. The number of hydrogen-bond acceptors (Lipinski definition) is 3. The molecule has 3 aliphatic rings. The van der Waals surface area contributed by atoms with Crippen LogP contribution in [0.2, 0.25) is 0 Å². The Labute approximate surface area is 179 Å². The van der Waals surface area contributed by atoms with Gasteiger partial charge in [0.05, 0.1) is 11.0 Å². The van der Waals surface area contributed by atoms with Gasteiger partial charge >= 0.3 is 0 Å². The molecule has 4 aromatic rings. The Morgan fingerprint density at radius 3 is 2.61 bits per heavy atom. The van der Waals surface area contributed by atoms with E-state index < -0.39 is 11.6 Å². The highest BCUT2D eigenvalue weighted by Gasteiger charge is 2.36. The molecule has 7 rings (SSSR count). The number of rotatable bonds is 3. The molecule has 2 bridgehead atoms. The van der Waals surface area contributed by atoms with Crippen LogP contribution in [-0.4, -0.2) is 21.0 Å². The number of hydrogen-bond donors (Lipinski definition) is 2. The zero-order valence-electron chi connectivity index (χ0n) is 17.4. The van der Waals surface area contributed by atoms with E-state index in [9.17, 15) is 8.78 Å². The molecular weight excluding hydrogens is 394 g/mol. The van der Waals surface area contributed by atoms with Crippen molar-refractivity contribution < 1.29 is 8.78 Å². The summed E-state index contributed by atoms with van der Waals surface area (Å²) in [6.45, 7) is 2.03. The van der Waals surface area contributed by atoms with Crippen molar-refractivity contribution in [3.8, 4) is 11.4 Å². The van der Waals surface area contributed by atoms with Gasteiger partial charge in [-0.15, -0.1) is 0 Å². The van der Waals surface area contributed by atoms with Gasteiger partial charge in [0.1, 0.15) is 17.5 Å². The number of fused-ring (bicyclic) bond motifs is 5. The summed E-state index contributed by atoms with van der Waals surface area (Å²) >= 11 is 0. The number of aromatic nitrogens is 3. The lowest BCUT2D eigenvalue weighted by atomic mass is 9.68. The van der Waals surface area contributed by atoms with Gasteiger partial charge in [-0.2, -0.15) is 0 Å². The van der Waals surface area contributed by atoms with E-state index in [2.05, 4.69) is 22.4 Å². The van der Waals surface area contributed by atoms with E-state index in [0.717, 1.165) is 34.3 Å². The summed E-state index contributed by atoms with van der Waals surface area (Å²) < 4.78 is 28.2. The Morgan fingerprint density at radius 1 is 1.00 bits per heavy atom. The topological polar surface area (TPSA) is 53.6 Å². The molecule has 3 saturated carbocycles. The fraction of sp³-hybridized carbons (Fsp3) is 0.360. The van der Waals surface area contributed by atoms with Crippen molar-refractivity contribution in [2.24, 2.45) is 11.8 Å². The van der Waals surface area contributed by atoms with Crippen LogP contribution in [0.25, 0.3) is 33.2 Å². The SMILES string of the molecule is Cc1ccc2c(NC3CC4CCC3CC4)nc(-c3c[nH]c4c(F)cc(F)cc34)nc2c1. The Kier molecular flexibility index (Phi) is 4.23. The molecule has 3 fully saturated rings. The lowest BCUT2D eigenvalue weighted by Crippen LogP contribution is -2.40. The maximum absolute atomic E-state index is 14.2. The molecule has 0 radical (unpaired) electrons. The average Bonchev–Trinajstić information content (AvgIpc) is 3.18. The Balaban J connectivity index is 1.50. The fourth-order valence-electron chi connectivity index (χ4n) is 5.54. The molecule has 0 aliphatic heterocycles. The number of anilines is 1. The second-order valence-corrected chi connectivity index (χ2v) is 9.20. The van der Waals surface area contributed by atoms with Crippen molar-refractivity contribution in [2.45, 2.75) is 45.1 Å². The third-order valence-electron chi connectivity index (χ3n) is 7.17. The van der Waals surface area contributed by atoms with Crippen molar-refractivity contribution in [3.63, 3.8) is 0 Å². The van der Waals surface area contributed by atoms with E-state index >= 15 is 0 Å². The van der Waals surface area contributed by atoms with Gasteiger partial charge in [0, 0.05) is 34.6 Å².